The van der Waals surface area contributed by atoms with E-state index in [0.717, 1.165) is 0 Å². The Labute approximate surface area is 110 Å². The molecule has 0 N–H and O–H groups in total. The third-order valence-corrected chi connectivity index (χ3v) is 2.97. The van der Waals surface area contributed by atoms with Gasteiger partial charge in [-0.3, -0.25) is 0 Å². The van der Waals surface area contributed by atoms with E-state index < -0.39 is 0 Å². The zero-order valence-corrected chi connectivity index (χ0v) is 12.4. The lowest BCUT2D eigenvalue weighted by molar-refractivity contribution is -0.117. The maximum absolute atomic E-state index is 5.99. The monoisotopic (exact) mass is 258 g/mol. The predicted molar refractivity (Wildman–Crippen MR) is 68.7 cm³/mol. The molecule has 0 radical (unpaired) electrons. The summed E-state index contributed by atoms with van der Waals surface area (Å²) in [5.74, 6) is 0. The van der Waals surface area contributed by atoms with Crippen molar-refractivity contribution in [3.63, 3.8) is 0 Å². The molecule has 2 unspecified atom stereocenters. The van der Waals surface area contributed by atoms with E-state index in [9.17, 15) is 0 Å². The van der Waals surface area contributed by atoms with Crippen molar-refractivity contribution in [3.8, 4) is 0 Å². The number of ether oxygens (including phenoxy) is 4. The third-order valence-electron chi connectivity index (χ3n) is 2.97. The molecular formula is C14H26O4. The van der Waals surface area contributed by atoms with Crippen LogP contribution < -0.4 is 0 Å². The summed E-state index contributed by atoms with van der Waals surface area (Å²) in [6.45, 7) is 13.5. The van der Waals surface area contributed by atoms with E-state index in [-0.39, 0.29) is 35.6 Å². The topological polar surface area (TPSA) is 36.9 Å². The Morgan fingerprint density at radius 2 is 1.06 bits per heavy atom. The molecule has 18 heavy (non-hydrogen) atoms. The van der Waals surface area contributed by atoms with Crippen LogP contribution in [0.5, 0.6) is 0 Å². The van der Waals surface area contributed by atoms with Crippen LogP contribution in [0.1, 0.15) is 41.5 Å². The molecule has 4 heteroatoms. The summed E-state index contributed by atoms with van der Waals surface area (Å²) in [5.41, 5.74) is -0.343. The molecule has 0 aromatic carbocycles. The summed E-state index contributed by atoms with van der Waals surface area (Å²) in [4.78, 5) is 0. The van der Waals surface area contributed by atoms with Crippen LogP contribution in [-0.2, 0) is 18.9 Å². The van der Waals surface area contributed by atoms with Crippen LogP contribution in [0, 0.1) is 0 Å². The second kappa shape index (κ2) is 4.75. The van der Waals surface area contributed by atoms with E-state index >= 15 is 0 Å². The molecule has 4 atom stereocenters. The molecule has 0 amide bonds. The molecule has 2 heterocycles. The SMILES string of the molecule is CC(C)(C)O[C@@H]1COC2C1OC[C@H]2OC(C)(C)C. The lowest BCUT2D eigenvalue weighted by Gasteiger charge is -2.27. The highest BCUT2D eigenvalue weighted by Gasteiger charge is 2.50. The van der Waals surface area contributed by atoms with E-state index in [2.05, 4.69) is 41.5 Å². The van der Waals surface area contributed by atoms with Crippen molar-refractivity contribution < 1.29 is 18.9 Å². The zero-order valence-electron chi connectivity index (χ0n) is 12.4. The van der Waals surface area contributed by atoms with Crippen LogP contribution in [-0.4, -0.2) is 48.8 Å². The molecule has 2 aliphatic heterocycles. The van der Waals surface area contributed by atoms with Crippen molar-refractivity contribution in [2.24, 2.45) is 0 Å². The Morgan fingerprint density at radius 1 is 0.722 bits per heavy atom. The Kier molecular flexibility index (Phi) is 3.76. The van der Waals surface area contributed by atoms with Crippen molar-refractivity contribution in [1.29, 1.82) is 0 Å². The van der Waals surface area contributed by atoms with E-state index in [1.54, 1.807) is 0 Å². The summed E-state index contributed by atoms with van der Waals surface area (Å²) in [7, 11) is 0. The Balaban J connectivity index is 1.95. The third kappa shape index (κ3) is 3.44. The standard InChI is InChI=1S/C14H26O4/c1-13(2,3)17-9-7-15-12-10(8-16-11(9)12)18-14(4,5)6/h9-12H,7-8H2,1-6H3/t9-,10-,11?,12?/m1/s1. The highest BCUT2D eigenvalue weighted by atomic mass is 16.6. The first-order valence-electron chi connectivity index (χ1n) is 6.74. The van der Waals surface area contributed by atoms with Gasteiger partial charge in [0.05, 0.1) is 24.4 Å². The highest BCUT2D eigenvalue weighted by Crippen LogP contribution is 2.33. The summed E-state index contributed by atoms with van der Waals surface area (Å²) in [5, 5.41) is 0. The summed E-state index contributed by atoms with van der Waals surface area (Å²) in [6, 6.07) is 0. The molecule has 0 spiro atoms. The van der Waals surface area contributed by atoms with Gasteiger partial charge in [0.2, 0.25) is 0 Å². The average Bonchev–Trinajstić information content (AvgIpc) is 2.66. The van der Waals surface area contributed by atoms with E-state index in [0.29, 0.717) is 13.2 Å². The van der Waals surface area contributed by atoms with Gasteiger partial charge in [0.25, 0.3) is 0 Å². The van der Waals surface area contributed by atoms with Crippen LogP contribution in [0.4, 0.5) is 0 Å². The first-order chi connectivity index (χ1) is 8.16. The largest absolute Gasteiger partial charge is 0.370 e. The Morgan fingerprint density at radius 3 is 1.33 bits per heavy atom. The van der Waals surface area contributed by atoms with E-state index in [1.807, 2.05) is 0 Å². The zero-order chi connectivity index (χ0) is 13.6. The van der Waals surface area contributed by atoms with Crippen LogP contribution in [0.3, 0.4) is 0 Å². The quantitative estimate of drug-likeness (QED) is 0.760. The molecule has 4 nitrogen and oxygen atoms in total. The molecule has 2 saturated heterocycles. The molecule has 106 valence electrons. The van der Waals surface area contributed by atoms with Crippen LogP contribution >= 0.6 is 0 Å². The number of fused-ring (bicyclic) bond motifs is 1. The molecule has 0 saturated carbocycles. The van der Waals surface area contributed by atoms with Gasteiger partial charge in [0, 0.05) is 0 Å². The minimum absolute atomic E-state index is 0.0107. The van der Waals surface area contributed by atoms with Gasteiger partial charge < -0.3 is 18.9 Å². The first kappa shape index (κ1) is 14.3. The van der Waals surface area contributed by atoms with E-state index in [1.165, 1.54) is 0 Å². The molecule has 0 aliphatic carbocycles. The van der Waals surface area contributed by atoms with Gasteiger partial charge in [-0.1, -0.05) is 0 Å². The molecule has 0 aromatic heterocycles. The lowest BCUT2D eigenvalue weighted by atomic mass is 10.1. The normalized spacial score (nSPS) is 37.0. The van der Waals surface area contributed by atoms with Gasteiger partial charge in [-0.15, -0.1) is 0 Å². The van der Waals surface area contributed by atoms with Gasteiger partial charge >= 0.3 is 0 Å². The molecule has 2 fully saturated rings. The van der Waals surface area contributed by atoms with Gasteiger partial charge in [0.1, 0.15) is 24.4 Å². The van der Waals surface area contributed by atoms with Gasteiger partial charge in [-0.25, -0.2) is 0 Å². The van der Waals surface area contributed by atoms with Gasteiger partial charge in [0.15, 0.2) is 0 Å². The lowest BCUT2D eigenvalue weighted by Crippen LogP contribution is -2.39. The molecule has 0 bridgehead atoms. The second-order valence-corrected chi connectivity index (χ2v) is 7.13. The number of hydrogen-bond acceptors (Lipinski definition) is 4. The Hall–Kier alpha value is -0.160. The second-order valence-electron chi connectivity index (χ2n) is 7.13. The highest BCUT2D eigenvalue weighted by molar-refractivity contribution is 4.97. The van der Waals surface area contributed by atoms with Crippen molar-refractivity contribution in [2.75, 3.05) is 13.2 Å². The van der Waals surface area contributed by atoms with Crippen molar-refractivity contribution in [3.05, 3.63) is 0 Å². The maximum Gasteiger partial charge on any atom is 0.115 e. The Bertz CT molecular complexity index is 259. The van der Waals surface area contributed by atoms with E-state index in [4.69, 9.17) is 18.9 Å². The molecule has 2 aliphatic rings. The number of hydrogen-bond donors (Lipinski definition) is 0. The summed E-state index contributed by atoms with van der Waals surface area (Å²) >= 11 is 0. The van der Waals surface area contributed by atoms with Crippen molar-refractivity contribution in [2.45, 2.75) is 77.2 Å². The fourth-order valence-corrected chi connectivity index (χ4v) is 2.54. The predicted octanol–water partition coefficient (Wildman–Crippen LogP) is 2.15. The number of rotatable bonds is 2. The molecule has 2 rings (SSSR count). The van der Waals surface area contributed by atoms with Crippen LogP contribution in [0.2, 0.25) is 0 Å². The first-order valence-corrected chi connectivity index (χ1v) is 6.74. The average molecular weight is 258 g/mol. The molecular weight excluding hydrogens is 232 g/mol. The van der Waals surface area contributed by atoms with Crippen LogP contribution in [0.25, 0.3) is 0 Å². The van der Waals surface area contributed by atoms with Gasteiger partial charge in [-0.2, -0.15) is 0 Å². The maximum atomic E-state index is 5.99. The van der Waals surface area contributed by atoms with Gasteiger partial charge in [-0.05, 0) is 41.5 Å². The molecule has 0 aromatic rings. The van der Waals surface area contributed by atoms with Crippen molar-refractivity contribution >= 4 is 0 Å². The van der Waals surface area contributed by atoms with Crippen LogP contribution in [0.15, 0.2) is 0 Å². The summed E-state index contributed by atoms with van der Waals surface area (Å²) < 4.78 is 23.6. The smallest absolute Gasteiger partial charge is 0.115 e. The summed E-state index contributed by atoms with van der Waals surface area (Å²) in [6.07, 6.45) is 0.0558. The minimum Gasteiger partial charge on any atom is -0.370 e. The van der Waals surface area contributed by atoms with Crippen molar-refractivity contribution in [1.82, 2.24) is 0 Å². The fourth-order valence-electron chi connectivity index (χ4n) is 2.54. The minimum atomic E-state index is -0.171. The fraction of sp³-hybridized carbons (Fsp3) is 1.00.